The standard InChI is InChI=1S/C18H18ClN5O/c1-11-8-9-14(19)10-15(11)24-17(20)16(22-23-24)18(25)21-12(2)13-6-4-3-5-7-13/h3-10,12H,20H2,1-2H3,(H,21,25)/t12-/m0/s1. The van der Waals surface area contributed by atoms with Gasteiger partial charge in [-0.05, 0) is 37.1 Å². The molecule has 1 atom stereocenters. The summed E-state index contributed by atoms with van der Waals surface area (Å²) in [7, 11) is 0. The second kappa shape index (κ2) is 6.94. The minimum Gasteiger partial charge on any atom is -0.382 e. The van der Waals surface area contributed by atoms with Gasteiger partial charge in [0.05, 0.1) is 11.7 Å². The number of hydrogen-bond donors (Lipinski definition) is 2. The smallest absolute Gasteiger partial charge is 0.276 e. The Balaban J connectivity index is 1.86. The van der Waals surface area contributed by atoms with Crippen LogP contribution >= 0.6 is 11.6 Å². The molecule has 0 aliphatic rings. The molecule has 3 aromatic rings. The zero-order valence-electron chi connectivity index (χ0n) is 13.9. The van der Waals surface area contributed by atoms with Crippen LogP contribution in [0.3, 0.4) is 0 Å². The molecule has 1 aromatic heterocycles. The summed E-state index contributed by atoms with van der Waals surface area (Å²) in [6.45, 7) is 3.80. The number of nitrogen functional groups attached to an aromatic ring is 1. The van der Waals surface area contributed by atoms with E-state index in [2.05, 4.69) is 15.6 Å². The topological polar surface area (TPSA) is 85.8 Å². The van der Waals surface area contributed by atoms with Crippen molar-refractivity contribution in [2.75, 3.05) is 5.73 Å². The largest absolute Gasteiger partial charge is 0.382 e. The number of hydrogen-bond acceptors (Lipinski definition) is 4. The number of aryl methyl sites for hydroxylation is 1. The lowest BCUT2D eigenvalue weighted by Gasteiger charge is -2.13. The number of halogens is 1. The van der Waals surface area contributed by atoms with Gasteiger partial charge in [0.1, 0.15) is 0 Å². The Morgan fingerprint density at radius 2 is 1.96 bits per heavy atom. The van der Waals surface area contributed by atoms with E-state index in [1.807, 2.05) is 50.2 Å². The predicted molar refractivity (Wildman–Crippen MR) is 97.8 cm³/mol. The number of carbonyl (C=O) groups is 1. The minimum atomic E-state index is -0.375. The molecule has 0 fully saturated rings. The molecule has 0 aliphatic heterocycles. The molecular formula is C18H18ClN5O. The van der Waals surface area contributed by atoms with Gasteiger partial charge < -0.3 is 11.1 Å². The van der Waals surface area contributed by atoms with Crippen LogP contribution < -0.4 is 11.1 Å². The SMILES string of the molecule is Cc1ccc(Cl)cc1-n1nnc(C(=O)N[C@@H](C)c2ccccc2)c1N. The number of anilines is 1. The van der Waals surface area contributed by atoms with Crippen molar-refractivity contribution in [1.82, 2.24) is 20.3 Å². The van der Waals surface area contributed by atoms with Crippen LogP contribution in [0.4, 0.5) is 5.82 Å². The van der Waals surface area contributed by atoms with Gasteiger partial charge in [0.25, 0.3) is 5.91 Å². The van der Waals surface area contributed by atoms with Crippen LogP contribution in [-0.2, 0) is 0 Å². The van der Waals surface area contributed by atoms with Gasteiger partial charge in [0, 0.05) is 5.02 Å². The number of aromatic nitrogens is 3. The molecule has 1 heterocycles. The summed E-state index contributed by atoms with van der Waals surface area (Å²) in [6, 6.07) is 14.9. The van der Waals surface area contributed by atoms with Crippen molar-refractivity contribution >= 4 is 23.3 Å². The average molecular weight is 356 g/mol. The van der Waals surface area contributed by atoms with E-state index >= 15 is 0 Å². The van der Waals surface area contributed by atoms with Crippen molar-refractivity contribution in [3.8, 4) is 5.69 Å². The Labute approximate surface area is 150 Å². The fraction of sp³-hybridized carbons (Fsp3) is 0.167. The molecule has 0 bridgehead atoms. The van der Waals surface area contributed by atoms with Crippen molar-refractivity contribution in [3.63, 3.8) is 0 Å². The third kappa shape index (κ3) is 3.49. The Bertz CT molecular complexity index is 907. The van der Waals surface area contributed by atoms with E-state index in [1.54, 1.807) is 12.1 Å². The zero-order chi connectivity index (χ0) is 18.0. The van der Waals surface area contributed by atoms with Gasteiger partial charge in [-0.25, -0.2) is 0 Å². The quantitative estimate of drug-likeness (QED) is 0.751. The van der Waals surface area contributed by atoms with Crippen molar-refractivity contribution in [2.45, 2.75) is 19.9 Å². The maximum absolute atomic E-state index is 12.5. The highest BCUT2D eigenvalue weighted by atomic mass is 35.5. The van der Waals surface area contributed by atoms with E-state index in [1.165, 1.54) is 4.68 Å². The molecule has 128 valence electrons. The summed E-state index contributed by atoms with van der Waals surface area (Å²) in [5.41, 5.74) is 8.79. The van der Waals surface area contributed by atoms with E-state index < -0.39 is 0 Å². The lowest BCUT2D eigenvalue weighted by molar-refractivity contribution is 0.0935. The van der Waals surface area contributed by atoms with Crippen molar-refractivity contribution < 1.29 is 4.79 Å². The Morgan fingerprint density at radius 1 is 1.24 bits per heavy atom. The third-order valence-corrected chi connectivity index (χ3v) is 4.20. The number of benzene rings is 2. The summed E-state index contributed by atoms with van der Waals surface area (Å²) >= 11 is 6.04. The zero-order valence-corrected chi connectivity index (χ0v) is 14.7. The monoisotopic (exact) mass is 355 g/mol. The Hall–Kier alpha value is -2.86. The molecule has 2 aromatic carbocycles. The molecule has 0 radical (unpaired) electrons. The molecule has 6 nitrogen and oxygen atoms in total. The van der Waals surface area contributed by atoms with Gasteiger partial charge >= 0.3 is 0 Å². The van der Waals surface area contributed by atoms with E-state index in [0.717, 1.165) is 11.1 Å². The fourth-order valence-electron chi connectivity index (χ4n) is 2.53. The van der Waals surface area contributed by atoms with E-state index in [9.17, 15) is 4.79 Å². The molecule has 0 saturated heterocycles. The first kappa shape index (κ1) is 17.0. The summed E-state index contributed by atoms with van der Waals surface area (Å²) in [5, 5.41) is 11.4. The molecule has 25 heavy (non-hydrogen) atoms. The first-order valence-electron chi connectivity index (χ1n) is 7.81. The molecule has 7 heteroatoms. The first-order chi connectivity index (χ1) is 12.0. The lowest BCUT2D eigenvalue weighted by atomic mass is 10.1. The molecular weight excluding hydrogens is 338 g/mol. The first-order valence-corrected chi connectivity index (χ1v) is 8.18. The van der Waals surface area contributed by atoms with Gasteiger partial charge in [-0.2, -0.15) is 4.68 Å². The van der Waals surface area contributed by atoms with Crippen LogP contribution in [0.5, 0.6) is 0 Å². The van der Waals surface area contributed by atoms with Crippen LogP contribution in [0, 0.1) is 6.92 Å². The number of rotatable bonds is 4. The molecule has 3 rings (SSSR count). The molecule has 0 spiro atoms. The fourth-order valence-corrected chi connectivity index (χ4v) is 2.70. The van der Waals surface area contributed by atoms with E-state index in [0.29, 0.717) is 10.7 Å². The van der Waals surface area contributed by atoms with Crippen LogP contribution in [0.15, 0.2) is 48.5 Å². The second-order valence-electron chi connectivity index (χ2n) is 5.77. The number of nitrogens with two attached hydrogens (primary N) is 1. The summed E-state index contributed by atoms with van der Waals surface area (Å²) in [5.74, 6) is -0.206. The highest BCUT2D eigenvalue weighted by Gasteiger charge is 2.21. The minimum absolute atomic E-state index is 0.0853. The second-order valence-corrected chi connectivity index (χ2v) is 6.21. The van der Waals surface area contributed by atoms with Crippen LogP contribution in [0.2, 0.25) is 5.02 Å². The van der Waals surface area contributed by atoms with Crippen molar-refractivity contribution in [2.24, 2.45) is 0 Å². The lowest BCUT2D eigenvalue weighted by Crippen LogP contribution is -2.27. The average Bonchev–Trinajstić information content (AvgIpc) is 2.99. The third-order valence-electron chi connectivity index (χ3n) is 3.97. The molecule has 3 N–H and O–H groups in total. The van der Waals surface area contributed by atoms with Crippen LogP contribution in [-0.4, -0.2) is 20.9 Å². The molecule has 0 aliphatic carbocycles. The summed E-state index contributed by atoms with van der Waals surface area (Å²) < 4.78 is 1.42. The normalized spacial score (nSPS) is 12.0. The van der Waals surface area contributed by atoms with Crippen molar-refractivity contribution in [3.05, 3.63) is 70.4 Å². The summed E-state index contributed by atoms with van der Waals surface area (Å²) in [4.78, 5) is 12.5. The van der Waals surface area contributed by atoms with Gasteiger partial charge in [-0.3, -0.25) is 4.79 Å². The number of nitrogens with zero attached hydrogens (tertiary/aromatic N) is 3. The van der Waals surface area contributed by atoms with Gasteiger partial charge in [0.2, 0.25) is 0 Å². The van der Waals surface area contributed by atoms with Gasteiger partial charge in [0.15, 0.2) is 11.5 Å². The number of nitrogens with one attached hydrogen (secondary N) is 1. The van der Waals surface area contributed by atoms with Crippen LogP contribution in [0.1, 0.15) is 34.6 Å². The van der Waals surface area contributed by atoms with Gasteiger partial charge in [-0.15, -0.1) is 5.10 Å². The maximum atomic E-state index is 12.5. The predicted octanol–water partition coefficient (Wildman–Crippen LogP) is 3.30. The maximum Gasteiger partial charge on any atom is 0.276 e. The highest BCUT2D eigenvalue weighted by molar-refractivity contribution is 6.30. The van der Waals surface area contributed by atoms with Gasteiger partial charge in [-0.1, -0.05) is 53.2 Å². The summed E-state index contributed by atoms with van der Waals surface area (Å²) in [6.07, 6.45) is 0. The highest BCUT2D eigenvalue weighted by Crippen LogP contribution is 2.22. The van der Waals surface area contributed by atoms with Crippen molar-refractivity contribution in [1.29, 1.82) is 0 Å². The molecule has 0 saturated carbocycles. The molecule has 0 unspecified atom stereocenters. The number of carbonyl (C=O) groups excluding carboxylic acids is 1. The Morgan fingerprint density at radius 3 is 2.68 bits per heavy atom. The van der Waals surface area contributed by atoms with E-state index in [-0.39, 0.29) is 23.5 Å². The Kier molecular flexibility index (Phi) is 4.72. The van der Waals surface area contributed by atoms with Crippen LogP contribution in [0.25, 0.3) is 5.69 Å². The van der Waals surface area contributed by atoms with E-state index in [4.69, 9.17) is 17.3 Å². The molecule has 1 amide bonds. The number of amides is 1.